The third-order valence-corrected chi connectivity index (χ3v) is 2.32. The molecule has 0 aromatic rings. The Labute approximate surface area is 80.1 Å². The van der Waals surface area contributed by atoms with Gasteiger partial charge in [0.05, 0.1) is 6.61 Å². The smallest absolute Gasteiger partial charge is 0.129 e. The van der Waals surface area contributed by atoms with Crippen LogP contribution in [0.1, 0.15) is 26.2 Å². The minimum atomic E-state index is 0.297. The number of hydrogen-bond donors (Lipinski definition) is 0. The van der Waals surface area contributed by atoms with Gasteiger partial charge in [-0.3, -0.25) is 0 Å². The van der Waals surface area contributed by atoms with E-state index in [9.17, 15) is 4.79 Å². The van der Waals surface area contributed by atoms with E-state index in [1.807, 2.05) is 0 Å². The molecule has 0 radical (unpaired) electrons. The van der Waals surface area contributed by atoms with Crippen molar-refractivity contribution in [3.8, 4) is 0 Å². The summed E-state index contributed by atoms with van der Waals surface area (Å²) in [5.41, 5.74) is 0. The molecule has 0 aliphatic carbocycles. The highest BCUT2D eigenvalue weighted by molar-refractivity contribution is 5.75. The van der Waals surface area contributed by atoms with E-state index in [1.54, 1.807) is 6.92 Å². The van der Waals surface area contributed by atoms with Gasteiger partial charge in [-0.2, -0.15) is 0 Å². The quantitative estimate of drug-likeness (QED) is 0.656. The van der Waals surface area contributed by atoms with Crippen molar-refractivity contribution in [3.63, 3.8) is 0 Å². The van der Waals surface area contributed by atoms with Crippen LogP contribution in [0.2, 0.25) is 0 Å². The molecule has 3 nitrogen and oxygen atoms in total. The van der Waals surface area contributed by atoms with E-state index in [1.165, 1.54) is 0 Å². The summed E-state index contributed by atoms with van der Waals surface area (Å²) in [5.74, 6) is 0.297. The van der Waals surface area contributed by atoms with Gasteiger partial charge in [0.15, 0.2) is 0 Å². The predicted molar refractivity (Wildman–Crippen MR) is 51.8 cm³/mol. The minimum absolute atomic E-state index is 0.297. The highest BCUT2D eigenvalue weighted by Gasteiger charge is 2.08. The molecule has 1 heterocycles. The molecule has 0 saturated carbocycles. The Balaban J connectivity index is 2.08. The summed E-state index contributed by atoms with van der Waals surface area (Å²) >= 11 is 0. The molecule has 3 heteroatoms. The van der Waals surface area contributed by atoms with Crippen LogP contribution < -0.4 is 0 Å². The molecule has 0 atom stereocenters. The van der Waals surface area contributed by atoms with Gasteiger partial charge in [-0.25, -0.2) is 0 Å². The van der Waals surface area contributed by atoms with E-state index < -0.39 is 0 Å². The maximum absolute atomic E-state index is 10.7. The zero-order valence-electron chi connectivity index (χ0n) is 8.42. The van der Waals surface area contributed by atoms with Gasteiger partial charge in [0, 0.05) is 26.1 Å². The van der Waals surface area contributed by atoms with E-state index >= 15 is 0 Å². The molecule has 1 fully saturated rings. The summed E-state index contributed by atoms with van der Waals surface area (Å²) in [6.07, 6.45) is 2.84. The summed E-state index contributed by atoms with van der Waals surface area (Å²) in [7, 11) is 0. The van der Waals surface area contributed by atoms with Crippen LogP contribution in [0.3, 0.4) is 0 Å². The Hall–Kier alpha value is -0.410. The number of carbonyl (C=O) groups is 1. The molecule has 1 rings (SSSR count). The topological polar surface area (TPSA) is 29.5 Å². The monoisotopic (exact) mass is 185 g/mol. The number of ether oxygens (including phenoxy) is 1. The molecule has 0 aromatic carbocycles. The van der Waals surface area contributed by atoms with E-state index in [2.05, 4.69) is 4.90 Å². The zero-order chi connectivity index (χ0) is 9.52. The average molecular weight is 185 g/mol. The Morgan fingerprint density at radius 2 is 2.23 bits per heavy atom. The first kappa shape index (κ1) is 10.7. The number of ketones is 1. The van der Waals surface area contributed by atoms with Crippen LogP contribution in [-0.4, -0.2) is 43.5 Å². The fourth-order valence-electron chi connectivity index (χ4n) is 1.57. The highest BCUT2D eigenvalue weighted by atomic mass is 16.5. The lowest BCUT2D eigenvalue weighted by Gasteiger charge is -2.18. The van der Waals surface area contributed by atoms with Crippen LogP contribution in [0.25, 0.3) is 0 Å². The molecule has 1 aliphatic heterocycles. The second-order valence-corrected chi connectivity index (χ2v) is 3.61. The molecule has 0 unspecified atom stereocenters. The molecule has 0 bridgehead atoms. The van der Waals surface area contributed by atoms with Crippen LogP contribution in [-0.2, 0) is 9.53 Å². The Kier molecular flexibility index (Phi) is 5.01. The second kappa shape index (κ2) is 6.11. The first-order chi connectivity index (χ1) is 6.29. The number of Topliss-reactive ketones (excluding diaryl/α,β-unsaturated/α-hetero) is 1. The Morgan fingerprint density at radius 1 is 1.38 bits per heavy atom. The van der Waals surface area contributed by atoms with Crippen molar-refractivity contribution < 1.29 is 9.53 Å². The van der Waals surface area contributed by atoms with Crippen LogP contribution in [0.5, 0.6) is 0 Å². The number of rotatable bonds is 4. The van der Waals surface area contributed by atoms with Crippen molar-refractivity contribution in [1.82, 2.24) is 4.90 Å². The van der Waals surface area contributed by atoms with Crippen molar-refractivity contribution in [2.24, 2.45) is 0 Å². The summed E-state index contributed by atoms with van der Waals surface area (Å²) < 4.78 is 5.34. The van der Waals surface area contributed by atoms with E-state index in [0.29, 0.717) is 5.78 Å². The summed E-state index contributed by atoms with van der Waals surface area (Å²) in [6, 6.07) is 0. The number of hydrogen-bond acceptors (Lipinski definition) is 3. The number of carbonyl (C=O) groups excluding carboxylic acids is 1. The molecule has 1 aliphatic rings. The molecule has 0 spiro atoms. The Morgan fingerprint density at radius 3 is 3.00 bits per heavy atom. The molecule has 0 amide bonds. The van der Waals surface area contributed by atoms with Gasteiger partial charge in [-0.05, 0) is 26.3 Å². The molecular weight excluding hydrogens is 166 g/mol. The number of nitrogens with zero attached hydrogens (tertiary/aromatic N) is 1. The van der Waals surface area contributed by atoms with Gasteiger partial charge < -0.3 is 14.4 Å². The van der Waals surface area contributed by atoms with E-state index in [-0.39, 0.29) is 0 Å². The fraction of sp³-hybridized carbons (Fsp3) is 0.900. The van der Waals surface area contributed by atoms with Crippen LogP contribution in [0.15, 0.2) is 0 Å². The van der Waals surface area contributed by atoms with Crippen LogP contribution in [0, 0.1) is 0 Å². The van der Waals surface area contributed by atoms with Crippen molar-refractivity contribution in [1.29, 1.82) is 0 Å². The highest BCUT2D eigenvalue weighted by Crippen LogP contribution is 2.01. The lowest BCUT2D eigenvalue weighted by Crippen LogP contribution is -2.27. The van der Waals surface area contributed by atoms with Gasteiger partial charge in [-0.15, -0.1) is 0 Å². The Bertz CT molecular complexity index is 151. The predicted octanol–water partition coefficient (Wildman–Crippen LogP) is 1.08. The zero-order valence-corrected chi connectivity index (χ0v) is 8.42. The van der Waals surface area contributed by atoms with Crippen molar-refractivity contribution in [2.45, 2.75) is 26.2 Å². The molecule has 0 N–H and O–H groups in total. The van der Waals surface area contributed by atoms with Gasteiger partial charge in [0.2, 0.25) is 0 Å². The molecular formula is C10H19NO2. The standard InChI is InChI=1S/C10H19NO2/c1-10(12)4-2-5-11-6-3-8-13-9-7-11/h2-9H2,1H3. The third kappa shape index (κ3) is 5.01. The SMILES string of the molecule is CC(=O)CCCN1CCCOCC1. The first-order valence-corrected chi connectivity index (χ1v) is 5.08. The maximum Gasteiger partial charge on any atom is 0.129 e. The summed E-state index contributed by atoms with van der Waals surface area (Å²) in [4.78, 5) is 13.1. The minimum Gasteiger partial charge on any atom is -0.380 e. The van der Waals surface area contributed by atoms with Gasteiger partial charge in [-0.1, -0.05) is 0 Å². The normalized spacial score (nSPS) is 19.8. The summed E-state index contributed by atoms with van der Waals surface area (Å²) in [5, 5.41) is 0. The molecule has 0 aromatic heterocycles. The second-order valence-electron chi connectivity index (χ2n) is 3.61. The summed E-state index contributed by atoms with van der Waals surface area (Å²) in [6.45, 7) is 6.59. The van der Waals surface area contributed by atoms with Crippen LogP contribution in [0.4, 0.5) is 0 Å². The van der Waals surface area contributed by atoms with Crippen molar-refractivity contribution in [3.05, 3.63) is 0 Å². The van der Waals surface area contributed by atoms with Crippen molar-refractivity contribution in [2.75, 3.05) is 32.8 Å². The van der Waals surface area contributed by atoms with Gasteiger partial charge in [0.25, 0.3) is 0 Å². The fourth-order valence-corrected chi connectivity index (χ4v) is 1.57. The van der Waals surface area contributed by atoms with E-state index in [0.717, 1.165) is 52.1 Å². The third-order valence-electron chi connectivity index (χ3n) is 2.32. The molecule has 76 valence electrons. The van der Waals surface area contributed by atoms with E-state index in [4.69, 9.17) is 4.74 Å². The molecule has 1 saturated heterocycles. The van der Waals surface area contributed by atoms with Gasteiger partial charge in [0.1, 0.15) is 5.78 Å². The van der Waals surface area contributed by atoms with Crippen molar-refractivity contribution >= 4 is 5.78 Å². The lowest BCUT2D eigenvalue weighted by molar-refractivity contribution is -0.117. The maximum atomic E-state index is 10.7. The largest absolute Gasteiger partial charge is 0.380 e. The van der Waals surface area contributed by atoms with Crippen LogP contribution >= 0.6 is 0 Å². The first-order valence-electron chi connectivity index (χ1n) is 5.08. The molecule has 13 heavy (non-hydrogen) atoms. The average Bonchev–Trinajstić information content (AvgIpc) is 2.32. The lowest BCUT2D eigenvalue weighted by atomic mass is 10.2. The van der Waals surface area contributed by atoms with Gasteiger partial charge >= 0.3 is 0 Å².